The largest absolute Gasteiger partial charge is 0.487 e. The van der Waals surface area contributed by atoms with Gasteiger partial charge in [0.1, 0.15) is 17.5 Å². The molecule has 9 nitrogen and oxygen atoms in total. The van der Waals surface area contributed by atoms with Crippen LogP contribution in [-0.4, -0.2) is 85.6 Å². The van der Waals surface area contributed by atoms with Gasteiger partial charge in [-0.1, -0.05) is 30.0 Å². The highest BCUT2D eigenvalue weighted by atomic mass is 32.2. The van der Waals surface area contributed by atoms with Crippen LogP contribution in [0, 0.1) is 0 Å². The molecule has 1 aromatic rings. The first-order valence-electron chi connectivity index (χ1n) is 10.6. The summed E-state index contributed by atoms with van der Waals surface area (Å²) in [5.74, 6) is -0.0150. The SMILES string of the molecule is O=C(O)CCCN1C(=O)/C(=C/c2ccc3c(c2)OCCOCCOCCOCCO3)SC1=S. The number of amides is 1. The van der Waals surface area contributed by atoms with E-state index in [2.05, 4.69) is 0 Å². The number of carboxylic acids is 1. The maximum absolute atomic E-state index is 12.7. The van der Waals surface area contributed by atoms with Gasteiger partial charge < -0.3 is 28.8 Å². The smallest absolute Gasteiger partial charge is 0.303 e. The minimum atomic E-state index is -0.899. The lowest BCUT2D eigenvalue weighted by molar-refractivity contribution is -0.137. The summed E-state index contributed by atoms with van der Waals surface area (Å²) < 4.78 is 28.5. The van der Waals surface area contributed by atoms with E-state index in [0.29, 0.717) is 80.0 Å². The molecule has 180 valence electrons. The van der Waals surface area contributed by atoms with Crippen molar-refractivity contribution in [3.05, 3.63) is 28.7 Å². The molecule has 3 rings (SSSR count). The zero-order valence-corrected chi connectivity index (χ0v) is 19.8. The molecule has 1 aromatic carbocycles. The Balaban J connectivity index is 1.69. The van der Waals surface area contributed by atoms with Gasteiger partial charge in [-0.3, -0.25) is 14.5 Å². The highest BCUT2D eigenvalue weighted by Crippen LogP contribution is 2.35. The van der Waals surface area contributed by atoms with Crippen molar-refractivity contribution in [2.45, 2.75) is 12.8 Å². The van der Waals surface area contributed by atoms with E-state index >= 15 is 0 Å². The van der Waals surface area contributed by atoms with Crippen LogP contribution in [0.2, 0.25) is 0 Å². The first kappa shape index (κ1) is 25.4. The van der Waals surface area contributed by atoms with Gasteiger partial charge >= 0.3 is 5.97 Å². The van der Waals surface area contributed by atoms with Crippen LogP contribution in [0.25, 0.3) is 6.08 Å². The van der Waals surface area contributed by atoms with Gasteiger partial charge in [0, 0.05) is 13.0 Å². The molecular weight excluding hydrogens is 470 g/mol. The Morgan fingerprint density at radius 2 is 1.61 bits per heavy atom. The van der Waals surface area contributed by atoms with Gasteiger partial charge in [-0.2, -0.15) is 0 Å². The third-order valence-corrected chi connectivity index (χ3v) is 6.00. The highest BCUT2D eigenvalue weighted by Gasteiger charge is 2.31. The molecule has 0 saturated carbocycles. The summed E-state index contributed by atoms with van der Waals surface area (Å²) >= 11 is 6.50. The first-order valence-corrected chi connectivity index (χ1v) is 11.9. The Morgan fingerprint density at radius 1 is 1.00 bits per heavy atom. The normalized spacial score (nSPS) is 19.9. The Kier molecular flexibility index (Phi) is 10.4. The summed E-state index contributed by atoms with van der Waals surface area (Å²) in [5, 5.41) is 8.81. The van der Waals surface area contributed by atoms with Crippen LogP contribution in [0.4, 0.5) is 0 Å². The summed E-state index contributed by atoms with van der Waals surface area (Å²) in [4.78, 5) is 25.4. The van der Waals surface area contributed by atoms with Crippen LogP contribution in [-0.2, 0) is 23.8 Å². The topological polar surface area (TPSA) is 104 Å². The molecule has 2 aliphatic heterocycles. The van der Waals surface area contributed by atoms with E-state index in [1.807, 2.05) is 6.07 Å². The minimum Gasteiger partial charge on any atom is -0.487 e. The van der Waals surface area contributed by atoms with Crippen LogP contribution < -0.4 is 9.47 Å². The van der Waals surface area contributed by atoms with Crippen molar-refractivity contribution in [2.24, 2.45) is 0 Å². The van der Waals surface area contributed by atoms with Crippen molar-refractivity contribution in [2.75, 3.05) is 59.4 Å². The minimum absolute atomic E-state index is 0.0138. The molecule has 2 heterocycles. The second-order valence-corrected chi connectivity index (χ2v) is 8.75. The molecule has 0 unspecified atom stereocenters. The zero-order chi connectivity index (χ0) is 23.5. The fourth-order valence-electron chi connectivity index (χ4n) is 3.04. The number of fused-ring (bicyclic) bond motifs is 1. The maximum atomic E-state index is 12.7. The van der Waals surface area contributed by atoms with Gasteiger partial charge in [0.25, 0.3) is 5.91 Å². The van der Waals surface area contributed by atoms with Crippen LogP contribution in [0.1, 0.15) is 18.4 Å². The second kappa shape index (κ2) is 13.5. The lowest BCUT2D eigenvalue weighted by Gasteiger charge is -2.14. The molecule has 1 saturated heterocycles. The van der Waals surface area contributed by atoms with E-state index in [-0.39, 0.29) is 18.9 Å². The number of ether oxygens (including phenoxy) is 5. The van der Waals surface area contributed by atoms with Gasteiger partial charge in [0.15, 0.2) is 11.5 Å². The number of rotatable bonds is 5. The fourth-order valence-corrected chi connectivity index (χ4v) is 4.35. The van der Waals surface area contributed by atoms with Gasteiger partial charge in [-0.15, -0.1) is 0 Å². The first-order chi connectivity index (χ1) is 16.0. The molecule has 0 radical (unpaired) electrons. The number of hydrogen-bond acceptors (Lipinski definition) is 9. The number of hydrogen-bond donors (Lipinski definition) is 1. The lowest BCUT2D eigenvalue weighted by atomic mass is 10.2. The summed E-state index contributed by atoms with van der Waals surface area (Å²) in [6, 6.07) is 5.42. The van der Waals surface area contributed by atoms with Gasteiger partial charge in [-0.05, 0) is 30.2 Å². The van der Waals surface area contributed by atoms with Crippen molar-refractivity contribution in [1.29, 1.82) is 0 Å². The molecule has 0 aromatic heterocycles. The lowest BCUT2D eigenvalue weighted by Crippen LogP contribution is -2.29. The van der Waals surface area contributed by atoms with Crippen molar-refractivity contribution in [1.82, 2.24) is 4.90 Å². The summed E-state index contributed by atoms with van der Waals surface area (Å²) in [6.07, 6.45) is 2.07. The van der Waals surface area contributed by atoms with E-state index in [9.17, 15) is 9.59 Å². The fraction of sp³-hybridized carbons (Fsp3) is 0.500. The third kappa shape index (κ3) is 8.27. The van der Waals surface area contributed by atoms with Crippen molar-refractivity contribution in [3.63, 3.8) is 0 Å². The van der Waals surface area contributed by atoms with Crippen molar-refractivity contribution < 1.29 is 38.4 Å². The number of thioether (sulfide) groups is 1. The molecule has 11 heteroatoms. The molecule has 1 N–H and O–H groups in total. The molecule has 1 fully saturated rings. The number of carbonyl (C=O) groups is 2. The maximum Gasteiger partial charge on any atom is 0.303 e. The van der Waals surface area contributed by atoms with Crippen LogP contribution in [0.3, 0.4) is 0 Å². The van der Waals surface area contributed by atoms with Gasteiger partial charge in [0.05, 0.1) is 44.5 Å². The predicted octanol–water partition coefficient (Wildman–Crippen LogP) is 2.57. The van der Waals surface area contributed by atoms with Crippen LogP contribution in [0.5, 0.6) is 11.5 Å². The van der Waals surface area contributed by atoms with E-state index in [1.54, 1.807) is 18.2 Å². The average molecular weight is 498 g/mol. The molecule has 1 amide bonds. The van der Waals surface area contributed by atoms with Gasteiger partial charge in [0.2, 0.25) is 0 Å². The number of nitrogens with zero attached hydrogens (tertiary/aromatic N) is 1. The average Bonchev–Trinajstić information content (AvgIpc) is 3.04. The number of carbonyl (C=O) groups excluding carboxylic acids is 1. The molecule has 0 aliphatic carbocycles. The Hall–Kier alpha value is -2.18. The quantitative estimate of drug-likeness (QED) is 0.482. The van der Waals surface area contributed by atoms with Crippen LogP contribution >= 0.6 is 24.0 Å². The number of carboxylic acid groups (broad SMARTS) is 1. The third-order valence-electron chi connectivity index (χ3n) is 4.63. The number of aliphatic carboxylic acids is 1. The van der Waals surface area contributed by atoms with Gasteiger partial charge in [-0.25, -0.2) is 0 Å². The molecule has 0 bridgehead atoms. The molecular formula is C22H27NO8S2. The van der Waals surface area contributed by atoms with Crippen LogP contribution in [0.15, 0.2) is 23.1 Å². The van der Waals surface area contributed by atoms with E-state index in [4.69, 9.17) is 41.0 Å². The molecule has 0 atom stereocenters. The zero-order valence-electron chi connectivity index (χ0n) is 18.2. The van der Waals surface area contributed by atoms with E-state index in [0.717, 1.165) is 5.56 Å². The Bertz CT molecular complexity index is 876. The Morgan fingerprint density at radius 3 is 2.24 bits per heavy atom. The standard InChI is InChI=1S/C22H27NO8S2/c24-20(25)2-1-5-23-21(26)19(33-22(23)32)15-16-3-4-17-18(14-16)31-13-11-29-9-7-27-6-8-28-10-12-30-17/h3-4,14-15H,1-2,5-13H2,(H,24,25)/b19-15-. The highest BCUT2D eigenvalue weighted by molar-refractivity contribution is 8.26. The predicted molar refractivity (Wildman–Crippen MR) is 127 cm³/mol. The van der Waals surface area contributed by atoms with Crippen molar-refractivity contribution >= 4 is 46.3 Å². The monoisotopic (exact) mass is 497 g/mol. The number of benzene rings is 1. The number of thiocarbonyl (C=S) groups is 1. The molecule has 2 aliphatic rings. The second-order valence-electron chi connectivity index (χ2n) is 7.07. The summed E-state index contributed by atoms with van der Waals surface area (Å²) in [6.45, 7) is 3.76. The molecule has 33 heavy (non-hydrogen) atoms. The summed E-state index contributed by atoms with van der Waals surface area (Å²) in [5.41, 5.74) is 0.756. The van der Waals surface area contributed by atoms with E-state index in [1.165, 1.54) is 16.7 Å². The van der Waals surface area contributed by atoms with E-state index < -0.39 is 5.97 Å². The summed E-state index contributed by atoms with van der Waals surface area (Å²) in [7, 11) is 0. The molecule has 0 spiro atoms. The van der Waals surface area contributed by atoms with Crippen molar-refractivity contribution in [3.8, 4) is 11.5 Å². The Labute approximate surface area is 201 Å².